The van der Waals surface area contributed by atoms with Crippen LogP contribution in [0.4, 0.5) is 4.79 Å². The average Bonchev–Trinajstić information content (AvgIpc) is 2.93. The molecule has 0 bridgehead atoms. The number of carboxylic acids is 1. The van der Waals surface area contributed by atoms with Crippen molar-refractivity contribution in [2.45, 2.75) is 71.2 Å². The summed E-state index contributed by atoms with van der Waals surface area (Å²) in [5.41, 5.74) is -0.689. The summed E-state index contributed by atoms with van der Waals surface area (Å²) < 4.78 is 5.06. The zero-order valence-electron chi connectivity index (χ0n) is 15.3. The molecule has 3 atom stereocenters. The lowest BCUT2D eigenvalue weighted by molar-refractivity contribution is -0.149. The number of nitrogens with zero attached hydrogens (tertiary/aromatic N) is 1. The minimum atomic E-state index is -1.05. The molecule has 1 fully saturated rings. The van der Waals surface area contributed by atoms with Crippen LogP contribution in [-0.2, 0) is 19.1 Å². The van der Waals surface area contributed by atoms with E-state index in [4.69, 9.17) is 9.84 Å². The van der Waals surface area contributed by atoms with Crippen LogP contribution >= 0.6 is 0 Å². The van der Waals surface area contributed by atoms with Gasteiger partial charge in [-0.3, -0.25) is 9.59 Å². The highest BCUT2D eigenvalue weighted by molar-refractivity contribution is 5.92. The monoisotopic (exact) mass is 357 g/mol. The van der Waals surface area contributed by atoms with Crippen molar-refractivity contribution >= 4 is 23.9 Å². The van der Waals surface area contributed by atoms with E-state index in [2.05, 4.69) is 10.6 Å². The molecule has 9 heteroatoms. The van der Waals surface area contributed by atoms with E-state index in [1.807, 2.05) is 0 Å². The van der Waals surface area contributed by atoms with Gasteiger partial charge in [0.05, 0.1) is 0 Å². The number of hydrogen-bond acceptors (Lipinski definition) is 5. The van der Waals surface area contributed by atoms with Gasteiger partial charge in [-0.15, -0.1) is 0 Å². The van der Waals surface area contributed by atoms with Crippen molar-refractivity contribution in [3.05, 3.63) is 0 Å². The molecule has 1 aliphatic rings. The maximum atomic E-state index is 12.4. The first-order chi connectivity index (χ1) is 11.4. The van der Waals surface area contributed by atoms with E-state index in [1.165, 1.54) is 18.7 Å². The number of alkyl carbamates (subject to hydrolysis) is 1. The fourth-order valence-electron chi connectivity index (χ4n) is 2.49. The van der Waals surface area contributed by atoms with Gasteiger partial charge in [0.15, 0.2) is 0 Å². The van der Waals surface area contributed by atoms with Gasteiger partial charge in [0.1, 0.15) is 23.7 Å². The molecular formula is C16H27N3O6. The SMILES string of the molecule is C[C@H](NC(=O)OC(C)(C)C)C(=O)N[C@@H](C)C(=O)N1CCC[C@H]1C(=O)O. The normalized spacial score (nSPS) is 19.7. The third kappa shape index (κ3) is 6.24. The number of nitrogens with one attached hydrogen (secondary N) is 2. The second-order valence-electron chi connectivity index (χ2n) is 7.13. The summed E-state index contributed by atoms with van der Waals surface area (Å²) in [4.78, 5) is 48.6. The molecule has 0 aliphatic carbocycles. The summed E-state index contributed by atoms with van der Waals surface area (Å²) >= 11 is 0. The Morgan fingerprint density at radius 3 is 2.24 bits per heavy atom. The highest BCUT2D eigenvalue weighted by Gasteiger charge is 2.36. The van der Waals surface area contributed by atoms with E-state index in [-0.39, 0.29) is 0 Å². The van der Waals surface area contributed by atoms with E-state index in [1.54, 1.807) is 20.8 Å². The fraction of sp³-hybridized carbons (Fsp3) is 0.750. The molecule has 0 unspecified atom stereocenters. The first-order valence-electron chi connectivity index (χ1n) is 8.25. The second-order valence-corrected chi connectivity index (χ2v) is 7.13. The van der Waals surface area contributed by atoms with Gasteiger partial charge in [0, 0.05) is 6.54 Å². The van der Waals surface area contributed by atoms with Crippen molar-refractivity contribution in [1.82, 2.24) is 15.5 Å². The molecule has 1 aliphatic heterocycles. The third-order valence-electron chi connectivity index (χ3n) is 3.68. The van der Waals surface area contributed by atoms with Gasteiger partial charge < -0.3 is 25.4 Å². The van der Waals surface area contributed by atoms with Crippen LogP contribution in [0.1, 0.15) is 47.5 Å². The van der Waals surface area contributed by atoms with Gasteiger partial charge in [-0.05, 0) is 47.5 Å². The van der Waals surface area contributed by atoms with E-state index in [0.717, 1.165) is 0 Å². The topological polar surface area (TPSA) is 125 Å². The van der Waals surface area contributed by atoms with E-state index < -0.39 is 47.6 Å². The first-order valence-corrected chi connectivity index (χ1v) is 8.25. The van der Waals surface area contributed by atoms with Crippen LogP contribution in [0.15, 0.2) is 0 Å². The van der Waals surface area contributed by atoms with Crippen LogP contribution in [0, 0.1) is 0 Å². The van der Waals surface area contributed by atoms with Gasteiger partial charge in [-0.2, -0.15) is 0 Å². The zero-order chi connectivity index (χ0) is 19.4. The largest absolute Gasteiger partial charge is 0.480 e. The molecule has 0 aromatic heterocycles. The number of carboxylic acid groups (broad SMARTS) is 1. The lowest BCUT2D eigenvalue weighted by atomic mass is 10.2. The Balaban J connectivity index is 2.56. The number of hydrogen-bond donors (Lipinski definition) is 3. The number of likely N-dealkylation sites (tertiary alicyclic amines) is 1. The Kier molecular flexibility index (Phi) is 6.78. The van der Waals surface area contributed by atoms with Crippen molar-refractivity contribution in [3.63, 3.8) is 0 Å². The molecule has 0 aromatic rings. The molecular weight excluding hydrogens is 330 g/mol. The number of aliphatic carboxylic acids is 1. The van der Waals surface area contributed by atoms with E-state index >= 15 is 0 Å². The van der Waals surface area contributed by atoms with Crippen molar-refractivity contribution in [2.75, 3.05) is 6.54 Å². The molecule has 3 N–H and O–H groups in total. The van der Waals surface area contributed by atoms with E-state index in [0.29, 0.717) is 19.4 Å². The average molecular weight is 357 g/mol. The van der Waals surface area contributed by atoms with Crippen LogP contribution in [0.25, 0.3) is 0 Å². The predicted molar refractivity (Wildman–Crippen MR) is 88.8 cm³/mol. The summed E-state index contributed by atoms with van der Waals surface area (Å²) in [7, 11) is 0. The van der Waals surface area contributed by atoms with Gasteiger partial charge in [0.25, 0.3) is 0 Å². The third-order valence-corrected chi connectivity index (χ3v) is 3.68. The lowest BCUT2D eigenvalue weighted by Gasteiger charge is -2.26. The maximum absolute atomic E-state index is 12.4. The Hall–Kier alpha value is -2.32. The maximum Gasteiger partial charge on any atom is 0.408 e. The minimum Gasteiger partial charge on any atom is -0.480 e. The highest BCUT2D eigenvalue weighted by Crippen LogP contribution is 2.18. The van der Waals surface area contributed by atoms with Gasteiger partial charge in [-0.1, -0.05) is 0 Å². The number of rotatable bonds is 5. The van der Waals surface area contributed by atoms with Gasteiger partial charge in [0.2, 0.25) is 11.8 Å². The van der Waals surface area contributed by atoms with Crippen LogP contribution in [0.5, 0.6) is 0 Å². The molecule has 0 radical (unpaired) electrons. The quantitative estimate of drug-likeness (QED) is 0.657. The number of carbonyl (C=O) groups excluding carboxylic acids is 3. The van der Waals surface area contributed by atoms with Crippen LogP contribution in [-0.4, -0.2) is 64.2 Å². The smallest absolute Gasteiger partial charge is 0.408 e. The molecule has 142 valence electrons. The van der Waals surface area contributed by atoms with Crippen molar-refractivity contribution in [3.8, 4) is 0 Å². The summed E-state index contributed by atoms with van der Waals surface area (Å²) in [5.74, 6) is -2.06. The Morgan fingerprint density at radius 1 is 1.12 bits per heavy atom. The van der Waals surface area contributed by atoms with Crippen molar-refractivity contribution < 1.29 is 29.0 Å². The van der Waals surface area contributed by atoms with Crippen LogP contribution in [0.3, 0.4) is 0 Å². The molecule has 9 nitrogen and oxygen atoms in total. The Bertz CT molecular complexity index is 542. The summed E-state index contributed by atoms with van der Waals surface area (Å²) in [6, 6.07) is -2.65. The highest BCUT2D eigenvalue weighted by atomic mass is 16.6. The summed E-state index contributed by atoms with van der Waals surface area (Å²) in [5, 5.41) is 14.0. The molecule has 1 heterocycles. The molecule has 0 saturated carbocycles. The summed E-state index contributed by atoms with van der Waals surface area (Å²) in [6.07, 6.45) is 0.276. The van der Waals surface area contributed by atoms with Crippen molar-refractivity contribution in [1.29, 1.82) is 0 Å². The molecule has 1 saturated heterocycles. The predicted octanol–water partition coefficient (Wildman–Crippen LogP) is 0.480. The molecule has 1 rings (SSSR count). The van der Waals surface area contributed by atoms with Gasteiger partial charge in [-0.25, -0.2) is 9.59 Å². The Labute approximate surface area is 147 Å². The number of carbonyl (C=O) groups is 4. The lowest BCUT2D eigenvalue weighted by Crippen LogP contribution is -2.54. The second kappa shape index (κ2) is 8.17. The molecule has 0 spiro atoms. The summed E-state index contributed by atoms with van der Waals surface area (Å²) in [6.45, 7) is 8.40. The number of ether oxygens (including phenoxy) is 1. The minimum absolute atomic E-state index is 0.349. The van der Waals surface area contributed by atoms with Crippen LogP contribution in [0.2, 0.25) is 0 Å². The van der Waals surface area contributed by atoms with Crippen LogP contribution < -0.4 is 10.6 Å². The molecule has 0 aromatic carbocycles. The standard InChI is InChI=1S/C16H27N3O6/c1-9(18-15(24)25-16(3,4)5)12(20)17-10(2)13(21)19-8-6-7-11(19)14(22)23/h9-11H,6-8H2,1-5H3,(H,17,20)(H,18,24)(H,22,23)/t9-,10-,11-/m0/s1. The van der Waals surface area contributed by atoms with Gasteiger partial charge >= 0.3 is 12.1 Å². The number of amides is 3. The van der Waals surface area contributed by atoms with Crippen molar-refractivity contribution in [2.24, 2.45) is 0 Å². The Morgan fingerprint density at radius 2 is 1.72 bits per heavy atom. The fourth-order valence-corrected chi connectivity index (χ4v) is 2.49. The molecule has 3 amide bonds. The molecule has 25 heavy (non-hydrogen) atoms. The first kappa shape index (κ1) is 20.7. The zero-order valence-corrected chi connectivity index (χ0v) is 15.3. The van der Waals surface area contributed by atoms with E-state index in [9.17, 15) is 19.2 Å².